The van der Waals surface area contributed by atoms with E-state index in [0.29, 0.717) is 10.2 Å². The van der Waals surface area contributed by atoms with E-state index >= 15 is 0 Å². The van der Waals surface area contributed by atoms with Crippen molar-refractivity contribution in [1.82, 2.24) is 0 Å². The van der Waals surface area contributed by atoms with Gasteiger partial charge in [0.1, 0.15) is 6.26 Å². The molecule has 7 heteroatoms. The first-order valence-electron chi connectivity index (χ1n) is 5.40. The molecule has 0 fully saturated rings. The van der Waals surface area contributed by atoms with Gasteiger partial charge in [-0.1, -0.05) is 0 Å². The normalized spacial score (nSPS) is 10.1. The minimum Gasteiger partial charge on any atom is -0.478 e. The molecule has 2 N–H and O–H groups in total. The van der Waals surface area contributed by atoms with Crippen LogP contribution in [0, 0.1) is 0 Å². The number of hydrogen-bond donors (Lipinski definition) is 2. The Morgan fingerprint density at radius 1 is 1.15 bits per heavy atom. The van der Waals surface area contributed by atoms with Gasteiger partial charge >= 0.3 is 11.6 Å². The van der Waals surface area contributed by atoms with Crippen molar-refractivity contribution in [1.29, 1.82) is 0 Å². The molecule has 0 aliphatic heterocycles. The highest BCUT2D eigenvalue weighted by molar-refractivity contribution is 9.10. The number of carbonyl (C=O) groups is 2. The lowest BCUT2D eigenvalue weighted by atomic mass is 10.2. The van der Waals surface area contributed by atoms with Crippen LogP contribution in [0.15, 0.2) is 50.3 Å². The van der Waals surface area contributed by atoms with Gasteiger partial charge in [0.05, 0.1) is 16.8 Å². The molecule has 20 heavy (non-hydrogen) atoms. The molecule has 1 heterocycles. The third kappa shape index (κ3) is 3.12. The Labute approximate surface area is 121 Å². The number of aromatic carboxylic acids is 1. The summed E-state index contributed by atoms with van der Waals surface area (Å²) >= 11 is 3.21. The Hall–Kier alpha value is -2.41. The summed E-state index contributed by atoms with van der Waals surface area (Å²) in [6, 6.07) is 6.69. The van der Waals surface area contributed by atoms with Gasteiger partial charge in [-0.25, -0.2) is 9.59 Å². The highest BCUT2D eigenvalue weighted by Crippen LogP contribution is 2.24. The number of carbonyl (C=O) groups excluding carboxylic acids is 1. The second kappa shape index (κ2) is 5.70. The maximum absolute atomic E-state index is 11.9. The number of anilines is 1. The van der Waals surface area contributed by atoms with E-state index in [9.17, 15) is 14.4 Å². The van der Waals surface area contributed by atoms with Crippen LogP contribution < -0.4 is 10.9 Å². The van der Waals surface area contributed by atoms with Crippen molar-refractivity contribution in [3.63, 3.8) is 0 Å². The molecule has 102 valence electrons. The summed E-state index contributed by atoms with van der Waals surface area (Å²) in [6.07, 6.45) is 1.03. The van der Waals surface area contributed by atoms with E-state index in [2.05, 4.69) is 25.7 Å². The second-order valence-corrected chi connectivity index (χ2v) is 4.65. The van der Waals surface area contributed by atoms with E-state index < -0.39 is 17.5 Å². The summed E-state index contributed by atoms with van der Waals surface area (Å²) in [4.78, 5) is 33.6. The van der Waals surface area contributed by atoms with Crippen LogP contribution in [0.2, 0.25) is 0 Å². The van der Waals surface area contributed by atoms with Gasteiger partial charge in [-0.3, -0.25) is 4.79 Å². The van der Waals surface area contributed by atoms with E-state index in [1.807, 2.05) is 0 Å². The molecule has 6 nitrogen and oxygen atoms in total. The number of rotatable bonds is 3. The van der Waals surface area contributed by atoms with Crippen molar-refractivity contribution in [2.45, 2.75) is 0 Å². The lowest BCUT2D eigenvalue weighted by Gasteiger charge is -2.08. The van der Waals surface area contributed by atoms with Crippen molar-refractivity contribution in [2.24, 2.45) is 0 Å². The molecule has 2 rings (SSSR count). The van der Waals surface area contributed by atoms with Crippen LogP contribution in [-0.2, 0) is 0 Å². The molecule has 0 saturated carbocycles. The first-order chi connectivity index (χ1) is 9.47. The quantitative estimate of drug-likeness (QED) is 0.895. The second-order valence-electron chi connectivity index (χ2n) is 3.80. The summed E-state index contributed by atoms with van der Waals surface area (Å²) < 4.78 is 5.12. The van der Waals surface area contributed by atoms with E-state index in [1.54, 1.807) is 0 Å². The van der Waals surface area contributed by atoms with Crippen LogP contribution >= 0.6 is 15.9 Å². The van der Waals surface area contributed by atoms with E-state index in [4.69, 9.17) is 5.11 Å². The van der Waals surface area contributed by atoms with Crippen molar-refractivity contribution in [2.75, 3.05) is 5.32 Å². The third-order valence-electron chi connectivity index (χ3n) is 2.42. The number of hydrogen-bond acceptors (Lipinski definition) is 4. The van der Waals surface area contributed by atoms with Gasteiger partial charge in [-0.05, 0) is 40.2 Å². The Morgan fingerprint density at radius 3 is 2.45 bits per heavy atom. The average Bonchev–Trinajstić information content (AvgIpc) is 2.41. The van der Waals surface area contributed by atoms with Gasteiger partial charge in [0.15, 0.2) is 0 Å². The monoisotopic (exact) mass is 337 g/mol. The maximum atomic E-state index is 11.9. The van der Waals surface area contributed by atoms with E-state index in [0.717, 1.165) is 12.3 Å². The summed E-state index contributed by atoms with van der Waals surface area (Å²) in [6.45, 7) is 0. The van der Waals surface area contributed by atoms with Gasteiger partial charge in [0, 0.05) is 10.5 Å². The first kappa shape index (κ1) is 14.0. The van der Waals surface area contributed by atoms with Gasteiger partial charge in [-0.2, -0.15) is 0 Å². The van der Waals surface area contributed by atoms with Gasteiger partial charge in [-0.15, -0.1) is 0 Å². The summed E-state index contributed by atoms with van der Waals surface area (Å²) in [5, 5.41) is 11.4. The van der Waals surface area contributed by atoms with Crippen molar-refractivity contribution in [3.8, 4) is 0 Å². The number of carboxylic acids is 1. The first-order valence-corrected chi connectivity index (χ1v) is 6.20. The lowest BCUT2D eigenvalue weighted by Crippen LogP contribution is -2.14. The molecule has 0 saturated heterocycles. The van der Waals surface area contributed by atoms with Crippen LogP contribution in [-0.4, -0.2) is 17.0 Å². The number of benzene rings is 1. The molecule has 1 aromatic carbocycles. The summed E-state index contributed by atoms with van der Waals surface area (Å²) in [7, 11) is 0. The smallest absolute Gasteiger partial charge is 0.335 e. The maximum Gasteiger partial charge on any atom is 0.335 e. The van der Waals surface area contributed by atoms with Crippen LogP contribution in [0.3, 0.4) is 0 Å². The van der Waals surface area contributed by atoms with Gasteiger partial charge < -0.3 is 14.8 Å². The Balaban J connectivity index is 2.27. The predicted octanol–water partition coefficient (Wildman–Crippen LogP) is 2.35. The molecule has 0 aliphatic carbocycles. The zero-order chi connectivity index (χ0) is 14.7. The lowest BCUT2D eigenvalue weighted by molar-refractivity contribution is 0.0696. The van der Waals surface area contributed by atoms with E-state index in [1.165, 1.54) is 24.3 Å². The molecule has 0 spiro atoms. The molecule has 0 bridgehead atoms. The minimum absolute atomic E-state index is 0.0445. The fraction of sp³-hybridized carbons (Fsp3) is 0. The van der Waals surface area contributed by atoms with Gasteiger partial charge in [0.25, 0.3) is 5.91 Å². The third-order valence-corrected chi connectivity index (χ3v) is 3.12. The summed E-state index contributed by atoms with van der Waals surface area (Å²) in [5.41, 5.74) is -0.0583. The van der Waals surface area contributed by atoms with Crippen molar-refractivity contribution in [3.05, 3.63) is 62.6 Å². The molecule has 2 aromatic rings. The molecular formula is C13H8BrNO5. The van der Waals surface area contributed by atoms with E-state index in [-0.39, 0.29) is 11.1 Å². The standard InChI is InChI=1S/C13H8BrNO5/c14-9-3-1-7(13(18)19)5-10(9)15-12(17)8-2-4-11(16)20-6-8/h1-6H,(H,15,17)(H,18,19). The Kier molecular flexibility index (Phi) is 3.99. The molecule has 1 amide bonds. The topological polar surface area (TPSA) is 96.6 Å². The molecule has 0 radical (unpaired) electrons. The number of amides is 1. The molecule has 0 unspecified atom stereocenters. The fourth-order valence-electron chi connectivity index (χ4n) is 1.44. The predicted molar refractivity (Wildman–Crippen MR) is 74.0 cm³/mol. The zero-order valence-electron chi connectivity index (χ0n) is 9.92. The largest absolute Gasteiger partial charge is 0.478 e. The highest BCUT2D eigenvalue weighted by Gasteiger charge is 2.11. The van der Waals surface area contributed by atoms with Crippen LogP contribution in [0.25, 0.3) is 0 Å². The average molecular weight is 338 g/mol. The van der Waals surface area contributed by atoms with Crippen LogP contribution in [0.1, 0.15) is 20.7 Å². The Bertz CT molecular complexity index is 717. The summed E-state index contributed by atoms with van der Waals surface area (Å²) in [5.74, 6) is -1.62. The molecule has 0 atom stereocenters. The molecule has 1 aromatic heterocycles. The molecular weight excluding hydrogens is 330 g/mol. The SMILES string of the molecule is O=C(O)c1ccc(Br)c(NC(=O)c2ccc(=O)oc2)c1. The zero-order valence-corrected chi connectivity index (χ0v) is 11.5. The molecule has 0 aliphatic rings. The Morgan fingerprint density at radius 2 is 1.85 bits per heavy atom. The van der Waals surface area contributed by atoms with Crippen molar-refractivity contribution < 1.29 is 19.1 Å². The minimum atomic E-state index is -1.10. The van der Waals surface area contributed by atoms with Crippen molar-refractivity contribution >= 4 is 33.5 Å². The highest BCUT2D eigenvalue weighted by atomic mass is 79.9. The fourth-order valence-corrected chi connectivity index (χ4v) is 1.78. The number of nitrogens with one attached hydrogen (secondary N) is 1. The van der Waals surface area contributed by atoms with Crippen LogP contribution in [0.4, 0.5) is 5.69 Å². The number of halogens is 1. The number of carboxylic acid groups (broad SMARTS) is 1. The van der Waals surface area contributed by atoms with Gasteiger partial charge in [0.2, 0.25) is 0 Å². The van der Waals surface area contributed by atoms with Crippen LogP contribution in [0.5, 0.6) is 0 Å².